The van der Waals surface area contributed by atoms with E-state index in [1.54, 1.807) is 16.3 Å². The molecule has 3 rings (SSSR count). The Balaban J connectivity index is 1.51. The van der Waals surface area contributed by atoms with Gasteiger partial charge in [-0.15, -0.1) is 0 Å². The van der Waals surface area contributed by atoms with Gasteiger partial charge in [-0.3, -0.25) is 4.57 Å². The van der Waals surface area contributed by atoms with Gasteiger partial charge in [0.05, 0.1) is 12.4 Å². The average molecular weight is 396 g/mol. The Bertz CT molecular complexity index is 728. The quantitative estimate of drug-likeness (QED) is 0.523. The molecule has 0 unspecified atom stereocenters. The predicted octanol–water partition coefficient (Wildman–Crippen LogP) is 2.12. The van der Waals surface area contributed by atoms with E-state index in [9.17, 15) is 10.2 Å². The van der Waals surface area contributed by atoms with Crippen LogP contribution in [0.25, 0.3) is 11.2 Å². The summed E-state index contributed by atoms with van der Waals surface area (Å²) in [6, 6.07) is 0. The zero-order valence-corrected chi connectivity index (χ0v) is 16.5. The number of nitrogen functional groups attached to an aromatic ring is 1. The number of hydrogen-bond acceptors (Lipinski definition) is 8. The van der Waals surface area contributed by atoms with Crippen molar-refractivity contribution < 1.29 is 14.9 Å². The van der Waals surface area contributed by atoms with E-state index in [1.165, 1.54) is 51.2 Å². The molecule has 27 heavy (non-hydrogen) atoms. The predicted molar refractivity (Wildman–Crippen MR) is 106 cm³/mol. The summed E-state index contributed by atoms with van der Waals surface area (Å²) in [6.45, 7) is 2.22. The number of aromatic nitrogens is 4. The lowest BCUT2D eigenvalue weighted by Gasteiger charge is -2.16. The number of anilines is 1. The number of nitrogens with two attached hydrogens (primary N) is 1. The Morgan fingerprint density at radius 3 is 2.70 bits per heavy atom. The molecule has 1 fully saturated rings. The SMILES string of the molecule is CCCCCCCCSC[C@H]1O[C@@H](n2cnc3c(N)ncnc32)[C@H](O)[C@@H]1O. The zero-order valence-electron chi connectivity index (χ0n) is 15.7. The van der Waals surface area contributed by atoms with Gasteiger partial charge in [0.2, 0.25) is 0 Å². The van der Waals surface area contributed by atoms with E-state index in [-0.39, 0.29) is 5.82 Å². The van der Waals surface area contributed by atoms with Crippen molar-refractivity contribution in [1.29, 1.82) is 0 Å². The number of hydrogen-bond donors (Lipinski definition) is 3. The topological polar surface area (TPSA) is 119 Å². The Labute approximate surface area is 163 Å². The van der Waals surface area contributed by atoms with Gasteiger partial charge in [0.15, 0.2) is 17.7 Å². The van der Waals surface area contributed by atoms with Crippen LogP contribution in [0.5, 0.6) is 0 Å². The molecule has 4 atom stereocenters. The molecule has 0 spiro atoms. The minimum atomic E-state index is -1.04. The molecule has 150 valence electrons. The van der Waals surface area contributed by atoms with Crippen molar-refractivity contribution in [2.24, 2.45) is 0 Å². The van der Waals surface area contributed by atoms with Crippen molar-refractivity contribution in [2.45, 2.75) is 70.0 Å². The highest BCUT2D eigenvalue weighted by molar-refractivity contribution is 7.99. The smallest absolute Gasteiger partial charge is 0.167 e. The van der Waals surface area contributed by atoms with Crippen molar-refractivity contribution >= 4 is 28.7 Å². The molecule has 1 aliphatic heterocycles. The van der Waals surface area contributed by atoms with Crippen molar-refractivity contribution in [3.8, 4) is 0 Å². The van der Waals surface area contributed by atoms with Crippen LogP contribution < -0.4 is 5.73 Å². The summed E-state index contributed by atoms with van der Waals surface area (Å²) in [5.41, 5.74) is 6.75. The van der Waals surface area contributed by atoms with E-state index >= 15 is 0 Å². The second-order valence-corrected chi connectivity index (χ2v) is 8.12. The number of imidazole rings is 1. The van der Waals surface area contributed by atoms with Gasteiger partial charge in [-0.2, -0.15) is 11.8 Å². The van der Waals surface area contributed by atoms with E-state index in [2.05, 4.69) is 21.9 Å². The molecular formula is C18H29N5O3S. The molecule has 9 heteroatoms. The van der Waals surface area contributed by atoms with Crippen LogP contribution >= 0.6 is 11.8 Å². The number of fused-ring (bicyclic) bond motifs is 1. The van der Waals surface area contributed by atoms with Crippen LogP contribution in [0.2, 0.25) is 0 Å². The fourth-order valence-electron chi connectivity index (χ4n) is 3.34. The molecule has 8 nitrogen and oxygen atoms in total. The van der Waals surface area contributed by atoms with E-state index in [0.29, 0.717) is 16.9 Å². The van der Waals surface area contributed by atoms with Gasteiger partial charge in [-0.1, -0.05) is 39.0 Å². The number of aliphatic hydroxyl groups is 2. The van der Waals surface area contributed by atoms with Crippen molar-refractivity contribution in [3.05, 3.63) is 12.7 Å². The average Bonchev–Trinajstić information content (AvgIpc) is 3.21. The van der Waals surface area contributed by atoms with Crippen LogP contribution in [0.4, 0.5) is 5.82 Å². The van der Waals surface area contributed by atoms with Crippen LogP contribution in [0.15, 0.2) is 12.7 Å². The first-order valence-corrected chi connectivity index (χ1v) is 10.8. The normalized spacial score (nSPS) is 25.4. The van der Waals surface area contributed by atoms with Crippen LogP contribution in [0, 0.1) is 0 Å². The van der Waals surface area contributed by atoms with Crippen LogP contribution in [-0.4, -0.2) is 59.5 Å². The van der Waals surface area contributed by atoms with E-state index in [1.807, 2.05) is 0 Å². The maximum Gasteiger partial charge on any atom is 0.167 e. The van der Waals surface area contributed by atoms with Crippen LogP contribution in [0.1, 0.15) is 51.7 Å². The Hall–Kier alpha value is -1.42. The molecule has 2 aromatic rings. The molecule has 1 aliphatic rings. The number of rotatable bonds is 10. The van der Waals surface area contributed by atoms with Crippen molar-refractivity contribution in [3.63, 3.8) is 0 Å². The summed E-state index contributed by atoms with van der Waals surface area (Å²) in [5, 5.41) is 20.8. The van der Waals surface area contributed by atoms with Gasteiger partial charge in [0, 0.05) is 5.75 Å². The van der Waals surface area contributed by atoms with Crippen molar-refractivity contribution in [1.82, 2.24) is 19.5 Å². The highest BCUT2D eigenvalue weighted by Crippen LogP contribution is 2.33. The van der Waals surface area contributed by atoms with Gasteiger partial charge in [-0.25, -0.2) is 15.0 Å². The van der Waals surface area contributed by atoms with Crippen molar-refractivity contribution in [2.75, 3.05) is 17.2 Å². The van der Waals surface area contributed by atoms with Gasteiger partial charge < -0.3 is 20.7 Å². The van der Waals surface area contributed by atoms with Gasteiger partial charge in [0.1, 0.15) is 24.1 Å². The zero-order chi connectivity index (χ0) is 19.2. The van der Waals surface area contributed by atoms with Gasteiger partial charge in [-0.05, 0) is 12.2 Å². The minimum Gasteiger partial charge on any atom is -0.387 e. The summed E-state index contributed by atoms with van der Waals surface area (Å²) in [6.07, 6.45) is 7.31. The number of thioether (sulfide) groups is 1. The fraction of sp³-hybridized carbons (Fsp3) is 0.722. The van der Waals surface area contributed by atoms with Crippen LogP contribution in [-0.2, 0) is 4.74 Å². The number of unbranched alkanes of at least 4 members (excludes halogenated alkanes) is 5. The first-order valence-electron chi connectivity index (χ1n) is 9.65. The Kier molecular flexibility index (Phi) is 7.28. The van der Waals surface area contributed by atoms with E-state index in [4.69, 9.17) is 10.5 Å². The van der Waals surface area contributed by atoms with Crippen LogP contribution in [0.3, 0.4) is 0 Å². The first-order chi connectivity index (χ1) is 13.1. The highest BCUT2D eigenvalue weighted by atomic mass is 32.2. The Morgan fingerprint density at radius 2 is 1.89 bits per heavy atom. The largest absolute Gasteiger partial charge is 0.387 e. The maximum absolute atomic E-state index is 10.4. The minimum absolute atomic E-state index is 0.276. The summed E-state index contributed by atoms with van der Waals surface area (Å²) in [7, 11) is 0. The molecule has 1 saturated heterocycles. The molecule has 4 N–H and O–H groups in total. The third kappa shape index (κ3) is 4.71. The molecule has 0 saturated carbocycles. The first kappa shape index (κ1) is 20.3. The summed E-state index contributed by atoms with van der Waals surface area (Å²) in [5.74, 6) is 1.96. The molecule has 2 aromatic heterocycles. The third-order valence-electron chi connectivity index (χ3n) is 4.92. The monoisotopic (exact) mass is 395 g/mol. The highest BCUT2D eigenvalue weighted by Gasteiger charge is 2.44. The summed E-state index contributed by atoms with van der Waals surface area (Å²) in [4.78, 5) is 12.3. The lowest BCUT2D eigenvalue weighted by atomic mass is 10.1. The number of aliphatic hydroxyl groups excluding tert-OH is 2. The summed E-state index contributed by atoms with van der Waals surface area (Å²) < 4.78 is 7.55. The van der Waals surface area contributed by atoms with Gasteiger partial charge >= 0.3 is 0 Å². The molecule has 0 radical (unpaired) electrons. The molecular weight excluding hydrogens is 366 g/mol. The standard InChI is InChI=1S/C18H29N5O3S/c1-2-3-4-5-6-7-8-27-9-12-14(24)15(25)18(26-12)23-11-22-13-16(19)20-10-21-17(13)23/h10-12,14-15,18,24-25H,2-9H2,1H3,(H2,19,20,21)/t12-,14-,15-,18-/m1/s1. The lowest BCUT2D eigenvalue weighted by molar-refractivity contribution is -0.0289. The fourth-order valence-corrected chi connectivity index (χ4v) is 4.42. The molecule has 0 bridgehead atoms. The summed E-state index contributed by atoms with van der Waals surface area (Å²) >= 11 is 1.76. The van der Waals surface area contributed by atoms with E-state index in [0.717, 1.165) is 5.75 Å². The molecule has 0 aliphatic carbocycles. The maximum atomic E-state index is 10.4. The lowest BCUT2D eigenvalue weighted by Crippen LogP contribution is -2.32. The second-order valence-electron chi connectivity index (χ2n) is 6.97. The third-order valence-corrected chi connectivity index (χ3v) is 6.06. The molecule has 0 aromatic carbocycles. The Morgan fingerprint density at radius 1 is 1.11 bits per heavy atom. The number of ether oxygens (including phenoxy) is 1. The second kappa shape index (κ2) is 9.68. The number of nitrogens with zero attached hydrogens (tertiary/aromatic N) is 4. The van der Waals surface area contributed by atoms with E-state index < -0.39 is 24.5 Å². The molecule has 0 amide bonds. The molecule has 3 heterocycles. The van der Waals surface area contributed by atoms with Gasteiger partial charge in [0.25, 0.3) is 0 Å².